The molecule has 5 nitrogen and oxygen atoms in total. The van der Waals surface area contributed by atoms with E-state index in [1.54, 1.807) is 0 Å². The zero-order valence-electron chi connectivity index (χ0n) is 18.9. The Labute approximate surface area is 183 Å². The lowest BCUT2D eigenvalue weighted by molar-refractivity contribution is -0.121. The zero-order valence-corrected chi connectivity index (χ0v) is 18.9. The van der Waals surface area contributed by atoms with E-state index in [2.05, 4.69) is 17.5 Å². The molecule has 0 aromatic heterocycles. The highest BCUT2D eigenvalue weighted by atomic mass is 16.3. The summed E-state index contributed by atoms with van der Waals surface area (Å²) in [4.78, 5) is 11.8. The number of carbonyl (C=O) groups is 1. The van der Waals surface area contributed by atoms with Gasteiger partial charge in [-0.15, -0.1) is 0 Å². The number of hydrogen-bond donors (Lipinski definition) is 3. The molecule has 170 valence electrons. The second kappa shape index (κ2) is 17.8. The minimum Gasteiger partial charge on any atom is -0.508 e. The third kappa shape index (κ3) is 14.0. The predicted octanol–water partition coefficient (Wildman–Crippen LogP) is 6.81. The summed E-state index contributed by atoms with van der Waals surface area (Å²) >= 11 is 0. The molecule has 0 unspecified atom stereocenters. The van der Waals surface area contributed by atoms with Gasteiger partial charge in [0.1, 0.15) is 11.5 Å². The summed E-state index contributed by atoms with van der Waals surface area (Å²) in [5, 5.41) is 22.7. The van der Waals surface area contributed by atoms with Crippen molar-refractivity contribution in [3.8, 4) is 11.5 Å². The van der Waals surface area contributed by atoms with Crippen LogP contribution in [0.3, 0.4) is 0 Å². The van der Waals surface area contributed by atoms with Crippen molar-refractivity contribution in [3.05, 3.63) is 23.8 Å². The van der Waals surface area contributed by atoms with Crippen LogP contribution in [-0.2, 0) is 4.79 Å². The topological polar surface area (TPSA) is 81.9 Å². The molecule has 5 heteroatoms. The average Bonchev–Trinajstić information content (AvgIpc) is 2.72. The second-order valence-electron chi connectivity index (χ2n) is 8.24. The van der Waals surface area contributed by atoms with Crippen LogP contribution in [0, 0.1) is 0 Å². The molecular weight excluding hydrogens is 376 g/mol. The van der Waals surface area contributed by atoms with Crippen molar-refractivity contribution in [2.45, 2.75) is 110 Å². The Morgan fingerprint density at radius 1 is 0.833 bits per heavy atom. The highest BCUT2D eigenvalue weighted by molar-refractivity contribution is 5.85. The van der Waals surface area contributed by atoms with Crippen molar-refractivity contribution < 1.29 is 15.0 Å². The second-order valence-corrected chi connectivity index (χ2v) is 8.24. The fourth-order valence-corrected chi connectivity index (χ4v) is 3.53. The fourth-order valence-electron chi connectivity index (χ4n) is 3.53. The summed E-state index contributed by atoms with van der Waals surface area (Å²) in [6.07, 6.45) is 21.4. The third-order valence-electron chi connectivity index (χ3n) is 5.41. The lowest BCUT2D eigenvalue weighted by atomic mass is 10.0. The first-order valence-electron chi connectivity index (χ1n) is 12.0. The molecule has 0 aliphatic heterocycles. The minimum absolute atomic E-state index is 0.0122. The monoisotopic (exact) mass is 418 g/mol. The molecule has 1 aromatic rings. The van der Waals surface area contributed by atoms with Crippen molar-refractivity contribution in [2.24, 2.45) is 5.10 Å². The Bertz CT molecular complexity index is 602. The van der Waals surface area contributed by atoms with Crippen LogP contribution >= 0.6 is 0 Å². The van der Waals surface area contributed by atoms with Crippen LogP contribution in [-0.4, -0.2) is 22.3 Å². The quantitative estimate of drug-likeness (QED) is 0.139. The SMILES string of the molecule is CCCCCCCCCCCCCCCCCC(=O)N/N=C/c1ccc(O)cc1O. The van der Waals surface area contributed by atoms with E-state index in [0.29, 0.717) is 12.0 Å². The van der Waals surface area contributed by atoms with Crippen molar-refractivity contribution >= 4 is 12.1 Å². The van der Waals surface area contributed by atoms with E-state index in [0.717, 1.165) is 12.8 Å². The van der Waals surface area contributed by atoms with Crippen LogP contribution in [0.15, 0.2) is 23.3 Å². The number of nitrogens with zero attached hydrogens (tertiary/aromatic N) is 1. The summed E-state index contributed by atoms with van der Waals surface area (Å²) in [6, 6.07) is 4.23. The van der Waals surface area contributed by atoms with Crippen LogP contribution in [0.5, 0.6) is 11.5 Å². The molecule has 0 bridgehead atoms. The molecule has 0 aliphatic rings. The maximum atomic E-state index is 11.8. The molecule has 1 rings (SSSR count). The van der Waals surface area contributed by atoms with Gasteiger partial charge in [-0.1, -0.05) is 96.8 Å². The summed E-state index contributed by atoms with van der Waals surface area (Å²) in [6.45, 7) is 2.27. The number of hydrazone groups is 1. The molecule has 0 radical (unpaired) electrons. The molecule has 3 N–H and O–H groups in total. The average molecular weight is 419 g/mol. The maximum absolute atomic E-state index is 11.8. The first-order valence-corrected chi connectivity index (χ1v) is 12.0. The standard InChI is InChI=1S/C25H42N2O3/c1-2-3-4-5-6-7-8-9-10-11-12-13-14-15-16-17-25(30)27-26-21-22-18-19-23(28)20-24(22)29/h18-21,28-29H,2-17H2,1H3,(H,27,30)/b26-21+. The summed E-state index contributed by atoms with van der Waals surface area (Å²) in [7, 11) is 0. The third-order valence-corrected chi connectivity index (χ3v) is 5.41. The smallest absolute Gasteiger partial charge is 0.240 e. The maximum Gasteiger partial charge on any atom is 0.240 e. The van der Waals surface area contributed by atoms with E-state index in [9.17, 15) is 15.0 Å². The van der Waals surface area contributed by atoms with E-state index in [4.69, 9.17) is 0 Å². The number of phenols is 2. The Morgan fingerprint density at radius 3 is 1.83 bits per heavy atom. The Kier molecular flexibility index (Phi) is 15.4. The van der Waals surface area contributed by atoms with Crippen LogP contribution in [0.2, 0.25) is 0 Å². The molecule has 0 heterocycles. The first kappa shape index (κ1) is 26.0. The molecule has 0 spiro atoms. The van der Waals surface area contributed by atoms with Crippen LogP contribution in [0.25, 0.3) is 0 Å². The zero-order chi connectivity index (χ0) is 21.9. The Morgan fingerprint density at radius 2 is 1.33 bits per heavy atom. The van der Waals surface area contributed by atoms with E-state index in [1.807, 2.05) is 0 Å². The van der Waals surface area contributed by atoms with E-state index < -0.39 is 0 Å². The highest BCUT2D eigenvalue weighted by Gasteiger charge is 2.01. The summed E-state index contributed by atoms with van der Waals surface area (Å²) in [5.41, 5.74) is 2.92. The molecular formula is C25H42N2O3. The number of amides is 1. The lowest BCUT2D eigenvalue weighted by Crippen LogP contribution is -2.16. The van der Waals surface area contributed by atoms with Crippen molar-refractivity contribution in [1.29, 1.82) is 0 Å². The number of aromatic hydroxyl groups is 2. The molecule has 0 aliphatic carbocycles. The van der Waals surface area contributed by atoms with Gasteiger partial charge in [0.2, 0.25) is 5.91 Å². The van der Waals surface area contributed by atoms with Crippen LogP contribution in [0.4, 0.5) is 0 Å². The normalized spacial score (nSPS) is 11.2. The number of unbranched alkanes of at least 4 members (excludes halogenated alkanes) is 14. The van der Waals surface area contributed by atoms with Gasteiger partial charge in [-0.2, -0.15) is 5.10 Å². The number of hydrogen-bond acceptors (Lipinski definition) is 4. The van der Waals surface area contributed by atoms with Gasteiger partial charge in [0.05, 0.1) is 6.21 Å². The largest absolute Gasteiger partial charge is 0.508 e. The van der Waals surface area contributed by atoms with E-state index >= 15 is 0 Å². The Hall–Kier alpha value is -2.04. The molecule has 0 fully saturated rings. The summed E-state index contributed by atoms with van der Waals surface area (Å²) < 4.78 is 0. The van der Waals surface area contributed by atoms with Gasteiger partial charge in [0.15, 0.2) is 0 Å². The fraction of sp³-hybridized carbons (Fsp3) is 0.680. The molecule has 0 saturated heterocycles. The number of benzene rings is 1. The van der Waals surface area contributed by atoms with Crippen molar-refractivity contribution in [1.82, 2.24) is 5.43 Å². The number of nitrogens with one attached hydrogen (secondary N) is 1. The molecule has 0 saturated carbocycles. The highest BCUT2D eigenvalue weighted by Crippen LogP contribution is 2.20. The van der Waals surface area contributed by atoms with Gasteiger partial charge in [-0.25, -0.2) is 5.43 Å². The van der Waals surface area contributed by atoms with Gasteiger partial charge >= 0.3 is 0 Å². The number of phenolic OH excluding ortho intramolecular Hbond substituents is 2. The first-order chi connectivity index (χ1) is 14.6. The number of carbonyl (C=O) groups excluding carboxylic acids is 1. The molecule has 30 heavy (non-hydrogen) atoms. The van der Waals surface area contributed by atoms with Crippen molar-refractivity contribution in [3.63, 3.8) is 0 Å². The van der Waals surface area contributed by atoms with Crippen LogP contribution < -0.4 is 5.43 Å². The van der Waals surface area contributed by atoms with Gasteiger partial charge < -0.3 is 10.2 Å². The minimum atomic E-state index is -0.112. The van der Waals surface area contributed by atoms with Gasteiger partial charge in [0.25, 0.3) is 0 Å². The van der Waals surface area contributed by atoms with Gasteiger partial charge in [0, 0.05) is 18.1 Å². The van der Waals surface area contributed by atoms with Crippen molar-refractivity contribution in [2.75, 3.05) is 0 Å². The lowest BCUT2D eigenvalue weighted by Gasteiger charge is -2.03. The summed E-state index contributed by atoms with van der Waals surface area (Å²) in [5.74, 6) is -0.198. The Balaban J connectivity index is 1.88. The predicted molar refractivity (Wildman–Crippen MR) is 125 cm³/mol. The molecule has 1 amide bonds. The van der Waals surface area contributed by atoms with Crippen LogP contribution in [0.1, 0.15) is 115 Å². The van der Waals surface area contributed by atoms with Gasteiger partial charge in [-0.3, -0.25) is 4.79 Å². The molecule has 1 aromatic carbocycles. The van der Waals surface area contributed by atoms with E-state index in [1.165, 1.54) is 108 Å². The molecule has 0 atom stereocenters. The van der Waals surface area contributed by atoms with Gasteiger partial charge in [-0.05, 0) is 18.6 Å². The van der Waals surface area contributed by atoms with E-state index in [-0.39, 0.29) is 17.4 Å². The number of rotatable bonds is 18.